The van der Waals surface area contributed by atoms with E-state index in [9.17, 15) is 9.59 Å². The van der Waals surface area contributed by atoms with Gasteiger partial charge >= 0.3 is 0 Å². The maximum atomic E-state index is 11.8. The third-order valence-electron chi connectivity index (χ3n) is 3.43. The number of carbonyl (C=O) groups is 2. The highest BCUT2D eigenvalue weighted by molar-refractivity contribution is 5.95. The minimum Gasteiger partial charge on any atom is -0.326 e. The van der Waals surface area contributed by atoms with Gasteiger partial charge in [-0.25, -0.2) is 0 Å². The summed E-state index contributed by atoms with van der Waals surface area (Å²) in [6, 6.07) is 7.39. The highest BCUT2D eigenvalue weighted by Crippen LogP contribution is 2.30. The summed E-state index contributed by atoms with van der Waals surface area (Å²) in [4.78, 5) is 23.5. The lowest BCUT2D eigenvalue weighted by atomic mass is 10.2. The van der Waals surface area contributed by atoms with Crippen LogP contribution in [0.15, 0.2) is 24.3 Å². The summed E-state index contributed by atoms with van der Waals surface area (Å²) in [7, 11) is 0. The van der Waals surface area contributed by atoms with Crippen molar-refractivity contribution in [3.63, 3.8) is 0 Å². The van der Waals surface area contributed by atoms with Crippen molar-refractivity contribution in [3.05, 3.63) is 24.3 Å². The molecule has 114 valence electrons. The Hall–Kier alpha value is -1.88. The molecule has 5 nitrogen and oxygen atoms in total. The van der Waals surface area contributed by atoms with Gasteiger partial charge < -0.3 is 16.0 Å². The second-order valence-electron chi connectivity index (χ2n) is 5.55. The van der Waals surface area contributed by atoms with E-state index in [1.165, 1.54) is 0 Å². The van der Waals surface area contributed by atoms with Gasteiger partial charge in [0.05, 0.1) is 0 Å². The summed E-state index contributed by atoms with van der Waals surface area (Å²) < 4.78 is 0. The van der Waals surface area contributed by atoms with Crippen LogP contribution in [0.1, 0.15) is 33.1 Å². The van der Waals surface area contributed by atoms with Crippen LogP contribution in [0.5, 0.6) is 0 Å². The number of anilines is 2. The average molecular weight is 289 g/mol. The normalized spacial score (nSPS) is 15.3. The fourth-order valence-electron chi connectivity index (χ4n) is 2.14. The summed E-state index contributed by atoms with van der Waals surface area (Å²) in [5.74, 6) is 0.265. The van der Waals surface area contributed by atoms with Crippen LogP contribution in [0.4, 0.5) is 11.4 Å². The molecule has 5 heteroatoms. The molecule has 1 fully saturated rings. The number of nitrogens with one attached hydrogen (secondary N) is 3. The summed E-state index contributed by atoms with van der Waals surface area (Å²) in [6.45, 7) is 4.85. The van der Waals surface area contributed by atoms with Crippen LogP contribution in [-0.4, -0.2) is 24.4 Å². The molecule has 0 aliphatic heterocycles. The first-order chi connectivity index (χ1) is 10.1. The number of benzene rings is 1. The van der Waals surface area contributed by atoms with E-state index in [0.717, 1.165) is 30.8 Å². The molecular formula is C16H23N3O2. The van der Waals surface area contributed by atoms with E-state index in [1.54, 1.807) is 12.1 Å². The lowest BCUT2D eigenvalue weighted by Gasteiger charge is -2.12. The zero-order chi connectivity index (χ0) is 15.2. The molecule has 1 saturated carbocycles. The molecule has 0 saturated heterocycles. The van der Waals surface area contributed by atoms with Crippen molar-refractivity contribution in [2.24, 2.45) is 5.92 Å². The van der Waals surface area contributed by atoms with Gasteiger partial charge in [0.15, 0.2) is 0 Å². The Bertz CT molecular complexity index is 495. The Kier molecular flexibility index (Phi) is 5.33. The molecule has 0 radical (unpaired) electrons. The van der Waals surface area contributed by atoms with Crippen molar-refractivity contribution in [2.75, 3.05) is 17.2 Å². The summed E-state index contributed by atoms with van der Waals surface area (Å²) in [5, 5.41) is 8.93. The van der Waals surface area contributed by atoms with Gasteiger partial charge in [0.25, 0.3) is 0 Å². The zero-order valence-corrected chi connectivity index (χ0v) is 12.6. The third kappa shape index (κ3) is 5.19. The topological polar surface area (TPSA) is 70.2 Å². The van der Waals surface area contributed by atoms with E-state index >= 15 is 0 Å². The first-order valence-electron chi connectivity index (χ1n) is 7.52. The van der Waals surface area contributed by atoms with Gasteiger partial charge in [0.1, 0.15) is 0 Å². The van der Waals surface area contributed by atoms with Gasteiger partial charge in [-0.2, -0.15) is 0 Å². The van der Waals surface area contributed by atoms with E-state index in [2.05, 4.69) is 16.0 Å². The van der Waals surface area contributed by atoms with Gasteiger partial charge in [-0.15, -0.1) is 0 Å². The number of rotatable bonds is 7. The molecule has 1 aromatic carbocycles. The quantitative estimate of drug-likeness (QED) is 0.721. The fraction of sp³-hybridized carbons (Fsp3) is 0.500. The van der Waals surface area contributed by atoms with E-state index < -0.39 is 0 Å². The summed E-state index contributed by atoms with van der Waals surface area (Å²) in [6.07, 6.45) is 2.42. The average Bonchev–Trinajstić information content (AvgIpc) is 3.25. The predicted molar refractivity (Wildman–Crippen MR) is 84.2 cm³/mol. The molecule has 2 amide bonds. The Balaban J connectivity index is 1.81. The third-order valence-corrected chi connectivity index (χ3v) is 3.43. The Morgan fingerprint density at radius 2 is 1.71 bits per heavy atom. The highest BCUT2D eigenvalue weighted by atomic mass is 16.2. The SMILES string of the molecule is CCNC(C)CC(=O)Nc1ccc(NC(=O)C2CC2)cc1. The van der Waals surface area contributed by atoms with Crippen molar-refractivity contribution in [2.45, 2.75) is 39.2 Å². The molecule has 0 bridgehead atoms. The number of carbonyl (C=O) groups excluding carboxylic acids is 2. The van der Waals surface area contributed by atoms with Crippen LogP contribution < -0.4 is 16.0 Å². The van der Waals surface area contributed by atoms with Crippen LogP contribution in [0.25, 0.3) is 0 Å². The number of amides is 2. The maximum Gasteiger partial charge on any atom is 0.227 e. The second-order valence-corrected chi connectivity index (χ2v) is 5.55. The Labute approximate surface area is 125 Å². The predicted octanol–water partition coefficient (Wildman–Crippen LogP) is 2.36. The van der Waals surface area contributed by atoms with Gasteiger partial charge in [-0.3, -0.25) is 9.59 Å². The van der Waals surface area contributed by atoms with Crippen molar-refractivity contribution in [3.8, 4) is 0 Å². The van der Waals surface area contributed by atoms with Crippen molar-refractivity contribution < 1.29 is 9.59 Å². The summed E-state index contributed by atoms with van der Waals surface area (Å²) >= 11 is 0. The molecule has 1 unspecified atom stereocenters. The van der Waals surface area contributed by atoms with Crippen LogP contribution in [0, 0.1) is 5.92 Å². The molecule has 1 aromatic rings. The van der Waals surface area contributed by atoms with Crippen molar-refractivity contribution in [1.82, 2.24) is 5.32 Å². The lowest BCUT2D eigenvalue weighted by Crippen LogP contribution is -2.30. The molecule has 2 rings (SSSR count). The largest absolute Gasteiger partial charge is 0.326 e. The minimum absolute atomic E-state index is 0.0155. The maximum absolute atomic E-state index is 11.8. The van der Waals surface area contributed by atoms with E-state index in [0.29, 0.717) is 6.42 Å². The molecular weight excluding hydrogens is 266 g/mol. The van der Waals surface area contributed by atoms with E-state index in [-0.39, 0.29) is 23.8 Å². The van der Waals surface area contributed by atoms with Crippen LogP contribution in [0.2, 0.25) is 0 Å². The standard InChI is InChI=1S/C16H23N3O2/c1-3-17-11(2)10-15(20)18-13-6-8-14(9-7-13)19-16(21)12-4-5-12/h6-9,11-12,17H,3-5,10H2,1-2H3,(H,18,20)(H,19,21). The van der Waals surface area contributed by atoms with Gasteiger partial charge in [-0.1, -0.05) is 6.92 Å². The van der Waals surface area contributed by atoms with E-state index in [1.807, 2.05) is 26.0 Å². The highest BCUT2D eigenvalue weighted by Gasteiger charge is 2.29. The molecule has 0 aromatic heterocycles. The van der Waals surface area contributed by atoms with Crippen LogP contribution in [-0.2, 0) is 9.59 Å². The van der Waals surface area contributed by atoms with Crippen LogP contribution in [0.3, 0.4) is 0 Å². The zero-order valence-electron chi connectivity index (χ0n) is 12.6. The van der Waals surface area contributed by atoms with Gasteiger partial charge in [0, 0.05) is 29.8 Å². The Morgan fingerprint density at radius 1 is 1.14 bits per heavy atom. The van der Waals surface area contributed by atoms with Crippen molar-refractivity contribution in [1.29, 1.82) is 0 Å². The summed E-state index contributed by atoms with van der Waals surface area (Å²) in [5.41, 5.74) is 1.51. The molecule has 0 heterocycles. The first kappa shape index (κ1) is 15.5. The van der Waals surface area contributed by atoms with Gasteiger partial charge in [-0.05, 0) is 50.6 Å². The molecule has 3 N–H and O–H groups in total. The molecule has 0 spiro atoms. The second kappa shape index (κ2) is 7.22. The smallest absolute Gasteiger partial charge is 0.227 e. The molecule has 1 aliphatic rings. The lowest BCUT2D eigenvalue weighted by molar-refractivity contribution is -0.117. The van der Waals surface area contributed by atoms with Crippen LogP contribution >= 0.6 is 0 Å². The van der Waals surface area contributed by atoms with Crippen molar-refractivity contribution >= 4 is 23.2 Å². The Morgan fingerprint density at radius 3 is 2.24 bits per heavy atom. The number of hydrogen-bond donors (Lipinski definition) is 3. The van der Waals surface area contributed by atoms with E-state index in [4.69, 9.17) is 0 Å². The number of hydrogen-bond acceptors (Lipinski definition) is 3. The van der Waals surface area contributed by atoms with Gasteiger partial charge in [0.2, 0.25) is 11.8 Å². The monoisotopic (exact) mass is 289 g/mol. The molecule has 21 heavy (non-hydrogen) atoms. The molecule has 1 atom stereocenters. The fourth-order valence-corrected chi connectivity index (χ4v) is 2.14. The first-order valence-corrected chi connectivity index (χ1v) is 7.52. The molecule has 1 aliphatic carbocycles. The minimum atomic E-state index is -0.0155.